The van der Waals surface area contributed by atoms with Gasteiger partial charge in [-0.2, -0.15) is 0 Å². The lowest BCUT2D eigenvalue weighted by Gasteiger charge is -2.14. The Hall–Kier alpha value is -0.800. The Morgan fingerprint density at radius 2 is 2.20 bits per heavy atom. The molecule has 1 atom stereocenters. The molecular weight excluding hydrogens is 256 g/mol. The molecule has 82 valence electrons. The molecule has 0 radical (unpaired) electrons. The van der Waals surface area contributed by atoms with Gasteiger partial charge in [0.2, 0.25) is 0 Å². The summed E-state index contributed by atoms with van der Waals surface area (Å²) in [6.45, 7) is 6.04. The molecule has 1 aromatic carbocycles. The Morgan fingerprint density at radius 1 is 1.53 bits per heavy atom. The van der Waals surface area contributed by atoms with Crippen molar-refractivity contribution < 1.29 is 9.84 Å². The molecule has 0 fully saturated rings. The molecular formula is C12H15BrO2. The van der Waals surface area contributed by atoms with Gasteiger partial charge in [-0.25, -0.2) is 0 Å². The highest BCUT2D eigenvalue weighted by Crippen LogP contribution is 2.27. The molecule has 2 nitrogen and oxygen atoms in total. The minimum Gasteiger partial charge on any atom is -0.488 e. The summed E-state index contributed by atoms with van der Waals surface area (Å²) >= 11 is 3.23. The average molecular weight is 271 g/mol. The van der Waals surface area contributed by atoms with Crippen LogP contribution in [0.25, 0.3) is 0 Å². The molecule has 3 heteroatoms. The number of rotatable bonds is 5. The van der Waals surface area contributed by atoms with Gasteiger partial charge in [-0.1, -0.05) is 47.6 Å². The van der Waals surface area contributed by atoms with Crippen molar-refractivity contribution in [2.75, 3.05) is 6.61 Å². The van der Waals surface area contributed by atoms with Crippen molar-refractivity contribution in [1.82, 2.24) is 0 Å². The van der Waals surface area contributed by atoms with Crippen molar-refractivity contribution in [1.29, 1.82) is 0 Å². The normalized spacial score (nSPS) is 12.2. The zero-order valence-corrected chi connectivity index (χ0v) is 10.3. The molecule has 0 aromatic heterocycles. The van der Waals surface area contributed by atoms with E-state index in [4.69, 9.17) is 4.74 Å². The summed E-state index contributed by atoms with van der Waals surface area (Å²) in [7, 11) is 0. The molecule has 0 saturated carbocycles. The predicted molar refractivity (Wildman–Crippen MR) is 65.3 cm³/mol. The highest BCUT2D eigenvalue weighted by atomic mass is 79.9. The van der Waals surface area contributed by atoms with Crippen LogP contribution in [0.15, 0.2) is 35.3 Å². The smallest absolute Gasteiger partial charge is 0.125 e. The van der Waals surface area contributed by atoms with Crippen LogP contribution in [-0.4, -0.2) is 11.7 Å². The minimum absolute atomic E-state index is 0.410. The summed E-state index contributed by atoms with van der Waals surface area (Å²) in [5, 5.41) is 9.76. The zero-order chi connectivity index (χ0) is 11.3. The van der Waals surface area contributed by atoms with Gasteiger partial charge in [-0.05, 0) is 12.5 Å². The van der Waals surface area contributed by atoms with Crippen molar-refractivity contribution in [3.05, 3.63) is 40.9 Å². The molecule has 1 N–H and O–H groups in total. The van der Waals surface area contributed by atoms with E-state index in [0.717, 1.165) is 10.0 Å². The number of aliphatic hydroxyl groups excluding tert-OH is 1. The number of benzene rings is 1. The number of aliphatic hydroxyl groups is 1. The van der Waals surface area contributed by atoms with Gasteiger partial charge in [0.05, 0.1) is 6.10 Å². The number of hydrogen-bond acceptors (Lipinski definition) is 2. The maximum atomic E-state index is 9.76. The molecule has 0 aliphatic carbocycles. The van der Waals surface area contributed by atoms with Crippen LogP contribution in [0, 0.1) is 0 Å². The fourth-order valence-corrected chi connectivity index (χ4v) is 1.38. The first-order chi connectivity index (χ1) is 7.15. The van der Waals surface area contributed by atoms with Crippen LogP contribution in [-0.2, 0) is 0 Å². The van der Waals surface area contributed by atoms with Gasteiger partial charge in [-0.3, -0.25) is 0 Å². The van der Waals surface area contributed by atoms with Crippen LogP contribution < -0.4 is 4.74 Å². The average Bonchev–Trinajstić information content (AvgIpc) is 2.25. The molecule has 15 heavy (non-hydrogen) atoms. The second-order valence-corrected chi connectivity index (χ2v) is 4.39. The van der Waals surface area contributed by atoms with E-state index >= 15 is 0 Å². The predicted octanol–water partition coefficient (Wildman–Crippen LogP) is 3.42. The summed E-state index contributed by atoms with van der Waals surface area (Å²) in [6.07, 6.45) is 0.208. The first-order valence-electron chi connectivity index (χ1n) is 4.88. The molecule has 1 rings (SSSR count). The van der Waals surface area contributed by atoms with E-state index in [2.05, 4.69) is 22.5 Å². The Labute approximate surface area is 98.7 Å². The Balaban J connectivity index is 2.81. The van der Waals surface area contributed by atoms with Crippen molar-refractivity contribution >= 4 is 15.9 Å². The first kappa shape index (κ1) is 12.3. The van der Waals surface area contributed by atoms with Crippen molar-refractivity contribution in [3.8, 4) is 5.75 Å². The Kier molecular flexibility index (Phi) is 4.85. The van der Waals surface area contributed by atoms with Crippen molar-refractivity contribution in [2.45, 2.75) is 19.4 Å². The molecule has 0 aliphatic rings. The lowest BCUT2D eigenvalue weighted by Crippen LogP contribution is -2.03. The summed E-state index contributed by atoms with van der Waals surface area (Å²) in [6, 6.07) is 7.51. The van der Waals surface area contributed by atoms with Gasteiger partial charge in [0, 0.05) is 10.0 Å². The molecule has 0 heterocycles. The maximum absolute atomic E-state index is 9.76. The Bertz CT molecular complexity index is 336. The van der Waals surface area contributed by atoms with E-state index in [1.54, 1.807) is 0 Å². The topological polar surface area (TPSA) is 29.5 Å². The second-order valence-electron chi connectivity index (χ2n) is 3.27. The van der Waals surface area contributed by atoms with E-state index in [-0.39, 0.29) is 0 Å². The standard InChI is InChI=1S/C12H15BrO2/c1-3-11(14)10-6-4-5-7-12(10)15-8-9(2)13/h4-7,11,14H,2-3,8H2,1H3. The number of ether oxygens (including phenoxy) is 1. The summed E-state index contributed by atoms with van der Waals surface area (Å²) in [5.41, 5.74) is 0.828. The molecule has 0 saturated heterocycles. The fraction of sp³-hybridized carbons (Fsp3) is 0.333. The van der Waals surface area contributed by atoms with E-state index in [0.29, 0.717) is 18.8 Å². The van der Waals surface area contributed by atoms with E-state index in [1.807, 2.05) is 31.2 Å². The third kappa shape index (κ3) is 3.68. The fourth-order valence-electron chi connectivity index (χ4n) is 1.26. The number of hydrogen-bond donors (Lipinski definition) is 1. The third-order valence-electron chi connectivity index (χ3n) is 2.05. The van der Waals surface area contributed by atoms with Gasteiger partial charge in [0.15, 0.2) is 0 Å². The van der Waals surface area contributed by atoms with Crippen LogP contribution in [0.1, 0.15) is 25.0 Å². The van der Waals surface area contributed by atoms with E-state index < -0.39 is 6.10 Å². The van der Waals surface area contributed by atoms with Crippen LogP contribution in [0.2, 0.25) is 0 Å². The highest BCUT2D eigenvalue weighted by molar-refractivity contribution is 9.11. The van der Waals surface area contributed by atoms with E-state index in [1.165, 1.54) is 0 Å². The highest BCUT2D eigenvalue weighted by Gasteiger charge is 2.10. The maximum Gasteiger partial charge on any atom is 0.125 e. The number of halogens is 1. The molecule has 0 spiro atoms. The van der Waals surface area contributed by atoms with Gasteiger partial charge < -0.3 is 9.84 Å². The van der Waals surface area contributed by atoms with E-state index in [9.17, 15) is 5.11 Å². The van der Waals surface area contributed by atoms with Crippen molar-refractivity contribution in [2.24, 2.45) is 0 Å². The van der Waals surface area contributed by atoms with Crippen molar-refractivity contribution in [3.63, 3.8) is 0 Å². The van der Waals surface area contributed by atoms with Gasteiger partial charge in [-0.15, -0.1) is 0 Å². The monoisotopic (exact) mass is 270 g/mol. The summed E-state index contributed by atoms with van der Waals surface area (Å²) < 4.78 is 6.30. The largest absolute Gasteiger partial charge is 0.488 e. The summed E-state index contributed by atoms with van der Waals surface area (Å²) in [5.74, 6) is 0.715. The van der Waals surface area contributed by atoms with Gasteiger partial charge in [0.25, 0.3) is 0 Å². The Morgan fingerprint density at radius 3 is 2.80 bits per heavy atom. The minimum atomic E-state index is -0.468. The first-order valence-corrected chi connectivity index (χ1v) is 5.67. The van der Waals surface area contributed by atoms with Crippen LogP contribution in [0.3, 0.4) is 0 Å². The quantitative estimate of drug-likeness (QED) is 0.889. The molecule has 0 aliphatic heterocycles. The second kappa shape index (κ2) is 5.93. The summed E-state index contributed by atoms with van der Waals surface area (Å²) in [4.78, 5) is 0. The lowest BCUT2D eigenvalue weighted by atomic mass is 10.1. The lowest BCUT2D eigenvalue weighted by molar-refractivity contribution is 0.168. The molecule has 1 unspecified atom stereocenters. The SMILES string of the molecule is C=C(Br)COc1ccccc1C(O)CC. The molecule has 0 amide bonds. The number of para-hydroxylation sites is 1. The van der Waals surface area contributed by atoms with Crippen LogP contribution >= 0.6 is 15.9 Å². The van der Waals surface area contributed by atoms with Crippen LogP contribution in [0.4, 0.5) is 0 Å². The zero-order valence-electron chi connectivity index (χ0n) is 8.74. The van der Waals surface area contributed by atoms with Crippen LogP contribution in [0.5, 0.6) is 5.75 Å². The van der Waals surface area contributed by atoms with Gasteiger partial charge in [0.1, 0.15) is 12.4 Å². The van der Waals surface area contributed by atoms with Gasteiger partial charge >= 0.3 is 0 Å². The molecule has 1 aromatic rings. The molecule has 0 bridgehead atoms. The third-order valence-corrected chi connectivity index (χ3v) is 2.28.